The highest BCUT2D eigenvalue weighted by molar-refractivity contribution is 5.68. The van der Waals surface area contributed by atoms with E-state index in [0.29, 0.717) is 13.1 Å². The van der Waals surface area contributed by atoms with Crippen LogP contribution in [0.3, 0.4) is 0 Å². The van der Waals surface area contributed by atoms with Crippen LogP contribution in [0.1, 0.15) is 13.3 Å². The highest BCUT2D eigenvalue weighted by Gasteiger charge is 2.13. The Morgan fingerprint density at radius 2 is 2.60 bits per heavy atom. The Morgan fingerprint density at radius 3 is 3.10 bits per heavy atom. The molecule has 0 spiro atoms. The van der Waals surface area contributed by atoms with E-state index in [-0.39, 0.29) is 5.97 Å². The Hall–Kier alpha value is -0.610. The summed E-state index contributed by atoms with van der Waals surface area (Å²) >= 11 is 0. The van der Waals surface area contributed by atoms with Crippen LogP contribution in [-0.4, -0.2) is 30.8 Å². The fourth-order valence-corrected chi connectivity index (χ4v) is 0.773. The van der Waals surface area contributed by atoms with Crippen molar-refractivity contribution >= 4 is 5.97 Å². The maximum atomic E-state index is 10.7. The second kappa shape index (κ2) is 3.53. The van der Waals surface area contributed by atoms with E-state index in [9.17, 15) is 4.79 Å². The maximum Gasteiger partial charge on any atom is 0.324 e. The average Bonchev–Trinajstić information content (AvgIpc) is 2.40. The van der Waals surface area contributed by atoms with Gasteiger partial charge in [-0.05, 0) is 0 Å². The fourth-order valence-electron chi connectivity index (χ4n) is 0.773. The molecule has 4 nitrogen and oxygen atoms in total. The van der Waals surface area contributed by atoms with Gasteiger partial charge in [0.25, 0.3) is 0 Å². The molecule has 1 N–H and O–H groups in total. The highest BCUT2D eigenvalue weighted by atomic mass is 16.7. The molecule has 4 heteroatoms. The monoisotopic (exact) mass is 144 g/mol. The highest BCUT2D eigenvalue weighted by Crippen LogP contribution is 1.95. The van der Waals surface area contributed by atoms with Crippen LogP contribution in [0, 0.1) is 0 Å². The largest absolute Gasteiger partial charge is 0.367 e. The first-order valence-electron chi connectivity index (χ1n) is 3.49. The quantitative estimate of drug-likeness (QED) is 0.578. The Labute approximate surface area is 60.1 Å². The number of carbonyl (C=O) groups is 1. The van der Waals surface area contributed by atoms with E-state index in [4.69, 9.17) is 4.84 Å². The lowest BCUT2D eigenvalue weighted by molar-refractivity contribution is -0.185. The second-order valence-electron chi connectivity index (χ2n) is 2.18. The number of carbonyl (C=O) groups excluding carboxylic acids is 1. The van der Waals surface area contributed by atoms with Crippen LogP contribution in [-0.2, 0) is 9.63 Å². The number of hydrogen-bond donors (Lipinski definition) is 1. The molecule has 0 aromatic rings. The Bertz CT molecular complexity index is 121. The fraction of sp³-hybridized carbons (Fsp3) is 0.833. The zero-order chi connectivity index (χ0) is 7.40. The van der Waals surface area contributed by atoms with Gasteiger partial charge in [0.05, 0.1) is 6.67 Å². The first-order chi connectivity index (χ1) is 4.83. The first kappa shape index (κ1) is 7.50. The van der Waals surface area contributed by atoms with Crippen LogP contribution in [0.2, 0.25) is 0 Å². The molecule has 0 aromatic heterocycles. The van der Waals surface area contributed by atoms with E-state index < -0.39 is 0 Å². The number of nitrogens with one attached hydrogen (secondary N) is 1. The summed E-state index contributed by atoms with van der Waals surface area (Å²) < 4.78 is 0. The predicted molar refractivity (Wildman–Crippen MR) is 36.0 cm³/mol. The molecule has 0 aromatic carbocycles. The van der Waals surface area contributed by atoms with Crippen LogP contribution < -0.4 is 5.32 Å². The summed E-state index contributed by atoms with van der Waals surface area (Å²) in [6, 6.07) is 0. The molecule has 1 fully saturated rings. The van der Waals surface area contributed by atoms with Crippen LogP contribution in [0.5, 0.6) is 0 Å². The summed E-state index contributed by atoms with van der Waals surface area (Å²) in [5.74, 6) is -0.163. The van der Waals surface area contributed by atoms with Gasteiger partial charge in [0.1, 0.15) is 0 Å². The second-order valence-corrected chi connectivity index (χ2v) is 2.18. The molecule has 0 amide bonds. The zero-order valence-corrected chi connectivity index (χ0v) is 6.09. The van der Waals surface area contributed by atoms with Crippen molar-refractivity contribution in [3.8, 4) is 0 Å². The van der Waals surface area contributed by atoms with Crippen molar-refractivity contribution in [3.63, 3.8) is 0 Å². The molecule has 1 heterocycles. The average molecular weight is 144 g/mol. The van der Waals surface area contributed by atoms with Crippen molar-refractivity contribution in [1.82, 2.24) is 10.4 Å². The lowest BCUT2D eigenvalue weighted by Gasteiger charge is -2.11. The summed E-state index contributed by atoms with van der Waals surface area (Å²) in [6.45, 7) is 4.14. The Kier molecular flexibility index (Phi) is 2.65. The number of hydroxylamine groups is 2. The van der Waals surface area contributed by atoms with Crippen molar-refractivity contribution in [3.05, 3.63) is 0 Å². The van der Waals surface area contributed by atoms with Gasteiger partial charge in [-0.15, -0.1) is 5.06 Å². The van der Waals surface area contributed by atoms with Crippen molar-refractivity contribution in [2.24, 2.45) is 0 Å². The van der Waals surface area contributed by atoms with Gasteiger partial charge in [-0.1, -0.05) is 6.92 Å². The summed E-state index contributed by atoms with van der Waals surface area (Å²) in [6.07, 6.45) is 0.441. The minimum absolute atomic E-state index is 0.163. The number of rotatable bonds is 2. The molecule has 1 aliphatic heterocycles. The lowest BCUT2D eigenvalue weighted by Crippen LogP contribution is -2.25. The molecule has 58 valence electrons. The molecule has 0 bridgehead atoms. The smallest absolute Gasteiger partial charge is 0.324 e. The molecule has 1 saturated heterocycles. The topological polar surface area (TPSA) is 41.6 Å². The van der Waals surface area contributed by atoms with Crippen molar-refractivity contribution in [2.45, 2.75) is 13.3 Å². The third-order valence-corrected chi connectivity index (χ3v) is 1.35. The van der Waals surface area contributed by atoms with Crippen molar-refractivity contribution in [2.75, 3.05) is 19.8 Å². The van der Waals surface area contributed by atoms with Gasteiger partial charge in [0.2, 0.25) is 0 Å². The first-order valence-corrected chi connectivity index (χ1v) is 3.49. The molecular weight excluding hydrogens is 132 g/mol. The normalized spacial score (nSPS) is 19.3. The maximum absolute atomic E-state index is 10.7. The number of hydrogen-bond acceptors (Lipinski definition) is 4. The molecule has 0 radical (unpaired) electrons. The summed E-state index contributed by atoms with van der Waals surface area (Å²) in [7, 11) is 0. The summed E-state index contributed by atoms with van der Waals surface area (Å²) in [5, 5.41) is 4.68. The van der Waals surface area contributed by atoms with E-state index in [1.165, 1.54) is 0 Å². The van der Waals surface area contributed by atoms with Gasteiger partial charge in [0.15, 0.2) is 0 Å². The molecule has 0 saturated carbocycles. The minimum atomic E-state index is -0.163. The molecule has 0 aliphatic carbocycles. The van der Waals surface area contributed by atoms with E-state index in [1.54, 1.807) is 12.0 Å². The van der Waals surface area contributed by atoms with E-state index in [0.717, 1.165) is 13.1 Å². The molecule has 0 atom stereocenters. The van der Waals surface area contributed by atoms with Crippen LogP contribution >= 0.6 is 0 Å². The van der Waals surface area contributed by atoms with Gasteiger partial charge >= 0.3 is 5.97 Å². The molecule has 1 aliphatic rings. The Balaban J connectivity index is 2.17. The van der Waals surface area contributed by atoms with Crippen molar-refractivity contribution < 1.29 is 9.63 Å². The zero-order valence-electron chi connectivity index (χ0n) is 6.09. The SMILES string of the molecule is CCC(=O)ON1CCNC1. The van der Waals surface area contributed by atoms with Gasteiger partial charge in [-0.3, -0.25) is 4.79 Å². The van der Waals surface area contributed by atoms with Gasteiger partial charge in [-0.25, -0.2) is 0 Å². The van der Waals surface area contributed by atoms with Crippen LogP contribution in [0.15, 0.2) is 0 Å². The van der Waals surface area contributed by atoms with Crippen LogP contribution in [0.4, 0.5) is 0 Å². The summed E-state index contributed by atoms with van der Waals surface area (Å²) in [5.41, 5.74) is 0. The molecule has 10 heavy (non-hydrogen) atoms. The number of nitrogens with zero attached hydrogens (tertiary/aromatic N) is 1. The van der Waals surface area contributed by atoms with E-state index >= 15 is 0 Å². The van der Waals surface area contributed by atoms with Crippen LogP contribution in [0.25, 0.3) is 0 Å². The molecular formula is C6H12N2O2. The third-order valence-electron chi connectivity index (χ3n) is 1.35. The molecule has 1 rings (SSSR count). The van der Waals surface area contributed by atoms with Gasteiger partial charge in [-0.2, -0.15) is 0 Å². The van der Waals surface area contributed by atoms with Gasteiger partial charge in [0, 0.05) is 19.5 Å². The Morgan fingerprint density at radius 1 is 1.80 bits per heavy atom. The summed E-state index contributed by atoms with van der Waals surface area (Å²) in [4.78, 5) is 15.6. The van der Waals surface area contributed by atoms with Gasteiger partial charge < -0.3 is 10.2 Å². The standard InChI is InChI=1S/C6H12N2O2/c1-2-6(9)10-8-4-3-7-5-8/h7H,2-5H2,1H3. The molecule has 0 unspecified atom stereocenters. The van der Waals surface area contributed by atoms with Crippen molar-refractivity contribution in [1.29, 1.82) is 0 Å². The van der Waals surface area contributed by atoms with E-state index in [2.05, 4.69) is 5.32 Å². The third kappa shape index (κ3) is 1.97. The lowest BCUT2D eigenvalue weighted by atomic mass is 10.5. The minimum Gasteiger partial charge on any atom is -0.367 e. The predicted octanol–water partition coefficient (Wildman–Crippen LogP) is -0.283. The van der Waals surface area contributed by atoms with E-state index in [1.807, 2.05) is 0 Å².